The standard InChI is InChI=1S/C12H16ClF2N3O4.C2H6/c1-3-21-10(19)8-7(13)9(11(20)22-4-2)18(17-8)6-12(14,15)5-16;1-2/h3-6,16H2,1-2H3;1-2H3. The van der Waals surface area contributed by atoms with Crippen LogP contribution in [0.1, 0.15) is 48.7 Å². The van der Waals surface area contributed by atoms with Crippen molar-refractivity contribution >= 4 is 23.5 Å². The molecule has 1 aromatic rings. The summed E-state index contributed by atoms with van der Waals surface area (Å²) < 4.78 is 37.0. The van der Waals surface area contributed by atoms with Gasteiger partial charge in [-0.05, 0) is 13.8 Å². The molecule has 0 spiro atoms. The third-order valence-electron chi connectivity index (χ3n) is 2.51. The van der Waals surface area contributed by atoms with Crippen LogP contribution in [0.4, 0.5) is 8.78 Å². The first-order valence-corrected chi connectivity index (χ1v) is 7.83. The minimum atomic E-state index is -3.33. The van der Waals surface area contributed by atoms with Gasteiger partial charge in [0, 0.05) is 0 Å². The van der Waals surface area contributed by atoms with Gasteiger partial charge in [0.15, 0.2) is 11.4 Å². The molecular formula is C14H22ClF2N3O4. The molecule has 10 heteroatoms. The maximum atomic E-state index is 13.5. The number of carbonyl (C=O) groups excluding carboxylic acids is 2. The molecule has 1 heterocycles. The van der Waals surface area contributed by atoms with Gasteiger partial charge in [-0.1, -0.05) is 25.4 Å². The SMILES string of the molecule is CC.CCOC(=O)c1nn(CC(F)(F)CN)c(C(=O)OCC)c1Cl. The monoisotopic (exact) mass is 369 g/mol. The van der Waals surface area contributed by atoms with Crippen molar-refractivity contribution in [2.24, 2.45) is 5.73 Å². The molecule has 24 heavy (non-hydrogen) atoms. The Morgan fingerprint density at radius 2 is 1.71 bits per heavy atom. The van der Waals surface area contributed by atoms with Gasteiger partial charge in [-0.2, -0.15) is 5.10 Å². The van der Waals surface area contributed by atoms with E-state index in [2.05, 4.69) is 5.10 Å². The first-order valence-electron chi connectivity index (χ1n) is 7.45. The van der Waals surface area contributed by atoms with Crippen molar-refractivity contribution in [2.75, 3.05) is 19.8 Å². The van der Waals surface area contributed by atoms with E-state index in [1.807, 2.05) is 13.8 Å². The number of hydrogen-bond donors (Lipinski definition) is 1. The second-order valence-electron chi connectivity index (χ2n) is 4.17. The molecule has 2 N–H and O–H groups in total. The minimum absolute atomic E-state index is 0.00234. The topological polar surface area (TPSA) is 96.4 Å². The van der Waals surface area contributed by atoms with Crippen LogP contribution in [0.2, 0.25) is 5.02 Å². The van der Waals surface area contributed by atoms with Crippen molar-refractivity contribution in [3.05, 3.63) is 16.4 Å². The van der Waals surface area contributed by atoms with Gasteiger partial charge in [0.25, 0.3) is 5.92 Å². The lowest BCUT2D eigenvalue weighted by Crippen LogP contribution is -2.34. The van der Waals surface area contributed by atoms with Crippen molar-refractivity contribution in [3.8, 4) is 0 Å². The molecule has 7 nitrogen and oxygen atoms in total. The van der Waals surface area contributed by atoms with Crippen LogP contribution in [-0.4, -0.2) is 47.4 Å². The number of aromatic nitrogens is 2. The molecule has 0 amide bonds. The van der Waals surface area contributed by atoms with Crippen LogP contribution in [0.3, 0.4) is 0 Å². The number of hydrogen-bond acceptors (Lipinski definition) is 6. The maximum absolute atomic E-state index is 13.5. The summed E-state index contributed by atoms with van der Waals surface area (Å²) >= 11 is 5.90. The molecule has 0 aliphatic rings. The van der Waals surface area contributed by atoms with Gasteiger partial charge >= 0.3 is 11.9 Å². The van der Waals surface area contributed by atoms with Crippen LogP contribution < -0.4 is 5.73 Å². The van der Waals surface area contributed by atoms with Gasteiger partial charge in [-0.15, -0.1) is 0 Å². The highest BCUT2D eigenvalue weighted by molar-refractivity contribution is 6.36. The summed E-state index contributed by atoms with van der Waals surface area (Å²) in [4.78, 5) is 23.6. The predicted octanol–water partition coefficient (Wildman–Crippen LogP) is 2.51. The largest absolute Gasteiger partial charge is 0.461 e. The third kappa shape index (κ3) is 5.72. The van der Waals surface area contributed by atoms with E-state index >= 15 is 0 Å². The zero-order valence-corrected chi connectivity index (χ0v) is 14.8. The van der Waals surface area contributed by atoms with Gasteiger partial charge in [0.1, 0.15) is 11.6 Å². The van der Waals surface area contributed by atoms with Crippen molar-refractivity contribution in [2.45, 2.75) is 40.2 Å². The molecule has 1 rings (SSSR count). The number of halogens is 3. The predicted molar refractivity (Wildman–Crippen MR) is 84.5 cm³/mol. The summed E-state index contributed by atoms with van der Waals surface area (Å²) in [5.74, 6) is -5.22. The van der Waals surface area contributed by atoms with Crippen molar-refractivity contribution in [3.63, 3.8) is 0 Å². The van der Waals surface area contributed by atoms with E-state index in [1.54, 1.807) is 6.92 Å². The van der Waals surface area contributed by atoms with Crippen LogP contribution in [0.25, 0.3) is 0 Å². The van der Waals surface area contributed by atoms with E-state index in [4.69, 9.17) is 26.8 Å². The van der Waals surface area contributed by atoms with Gasteiger partial charge in [-0.25, -0.2) is 23.1 Å². The Morgan fingerprint density at radius 1 is 1.21 bits per heavy atom. The zero-order chi connectivity index (χ0) is 18.9. The second kappa shape index (κ2) is 10.2. The highest BCUT2D eigenvalue weighted by Crippen LogP contribution is 2.25. The molecule has 0 aromatic carbocycles. The fourth-order valence-corrected chi connectivity index (χ4v) is 1.85. The van der Waals surface area contributed by atoms with Crippen LogP contribution >= 0.6 is 11.6 Å². The van der Waals surface area contributed by atoms with E-state index in [1.165, 1.54) is 6.92 Å². The first kappa shape index (κ1) is 22.3. The molecular weight excluding hydrogens is 348 g/mol. The fourth-order valence-electron chi connectivity index (χ4n) is 1.56. The maximum Gasteiger partial charge on any atom is 0.360 e. The lowest BCUT2D eigenvalue weighted by molar-refractivity contribution is -0.0112. The smallest absolute Gasteiger partial charge is 0.360 e. The molecule has 0 atom stereocenters. The molecule has 0 aliphatic carbocycles. The molecule has 0 bridgehead atoms. The Hall–Kier alpha value is -1.74. The van der Waals surface area contributed by atoms with Crippen molar-refractivity contribution in [1.82, 2.24) is 9.78 Å². The molecule has 0 fully saturated rings. The normalized spacial score (nSPS) is 10.7. The average Bonchev–Trinajstić information content (AvgIpc) is 2.85. The minimum Gasteiger partial charge on any atom is -0.461 e. The number of rotatable bonds is 7. The Morgan fingerprint density at radius 3 is 2.17 bits per heavy atom. The van der Waals surface area contributed by atoms with E-state index < -0.39 is 47.4 Å². The van der Waals surface area contributed by atoms with Crippen molar-refractivity contribution in [1.29, 1.82) is 0 Å². The summed E-state index contributed by atoms with van der Waals surface area (Å²) in [7, 11) is 0. The molecule has 138 valence electrons. The van der Waals surface area contributed by atoms with E-state index in [0.717, 1.165) is 0 Å². The van der Waals surface area contributed by atoms with Crippen LogP contribution in [-0.2, 0) is 16.0 Å². The highest BCUT2D eigenvalue weighted by Gasteiger charge is 2.34. The number of nitrogens with zero attached hydrogens (tertiary/aromatic N) is 2. The highest BCUT2D eigenvalue weighted by atomic mass is 35.5. The van der Waals surface area contributed by atoms with Crippen LogP contribution in [0.5, 0.6) is 0 Å². The second-order valence-corrected chi connectivity index (χ2v) is 4.55. The van der Waals surface area contributed by atoms with Gasteiger partial charge in [0.05, 0.1) is 19.8 Å². The van der Waals surface area contributed by atoms with Crippen molar-refractivity contribution < 1.29 is 27.8 Å². The van der Waals surface area contributed by atoms with Gasteiger partial charge in [0.2, 0.25) is 0 Å². The Bertz CT molecular complexity index is 564. The lowest BCUT2D eigenvalue weighted by atomic mass is 10.3. The summed E-state index contributed by atoms with van der Waals surface area (Å²) in [6.07, 6.45) is 0. The van der Waals surface area contributed by atoms with Gasteiger partial charge < -0.3 is 15.2 Å². The lowest BCUT2D eigenvalue weighted by Gasteiger charge is -2.15. The quantitative estimate of drug-likeness (QED) is 0.742. The summed E-state index contributed by atoms with van der Waals surface area (Å²) in [6, 6.07) is 0. The molecule has 1 aromatic heterocycles. The van der Waals surface area contributed by atoms with E-state index in [-0.39, 0.29) is 13.2 Å². The number of esters is 2. The number of carbonyl (C=O) groups is 2. The number of alkyl halides is 2. The van der Waals surface area contributed by atoms with Gasteiger partial charge in [-0.3, -0.25) is 0 Å². The molecule has 0 saturated carbocycles. The van der Waals surface area contributed by atoms with E-state index in [0.29, 0.717) is 4.68 Å². The summed E-state index contributed by atoms with van der Waals surface area (Å²) in [5.41, 5.74) is 4.08. The molecule has 0 unspecified atom stereocenters. The Labute approximate surface area is 144 Å². The fraction of sp³-hybridized carbons (Fsp3) is 0.643. The molecule has 0 saturated heterocycles. The van der Waals surface area contributed by atoms with Crippen LogP contribution in [0.15, 0.2) is 0 Å². The number of nitrogens with two attached hydrogens (primary N) is 1. The zero-order valence-electron chi connectivity index (χ0n) is 14.1. The Kier molecular flexibility index (Phi) is 9.45. The average molecular weight is 370 g/mol. The first-order chi connectivity index (χ1) is 11.3. The summed E-state index contributed by atoms with van der Waals surface area (Å²) in [6.45, 7) is 5.15. The number of ether oxygens (including phenoxy) is 2. The summed E-state index contributed by atoms with van der Waals surface area (Å²) in [5, 5.41) is 3.24. The molecule has 0 radical (unpaired) electrons. The third-order valence-corrected chi connectivity index (χ3v) is 2.87. The molecule has 0 aliphatic heterocycles. The Balaban J connectivity index is 0.00000254. The van der Waals surface area contributed by atoms with E-state index in [9.17, 15) is 18.4 Å². The van der Waals surface area contributed by atoms with Crippen LogP contribution in [0, 0.1) is 0 Å².